The number of nitrogens with two attached hydrogens (primary N) is 1. The quantitative estimate of drug-likeness (QED) is 0.853. The molecule has 0 amide bonds. The number of nitrogen functional groups attached to an aromatic ring is 1. The zero-order valence-corrected chi connectivity index (χ0v) is 10.5. The van der Waals surface area contributed by atoms with Gasteiger partial charge in [-0.3, -0.25) is 4.72 Å². The van der Waals surface area contributed by atoms with Crippen molar-refractivity contribution in [3.05, 3.63) is 40.6 Å². The highest BCUT2D eigenvalue weighted by Crippen LogP contribution is 2.24. The number of sulfonamides is 1. The number of hydrogen-bond acceptors (Lipinski definition) is 4. The maximum Gasteiger partial charge on any atom is 0.265 e. The largest absolute Gasteiger partial charge is 0.399 e. The van der Waals surface area contributed by atoms with Crippen molar-refractivity contribution in [3.63, 3.8) is 0 Å². The highest BCUT2D eigenvalue weighted by molar-refractivity contribution is 7.92. The lowest BCUT2D eigenvalue weighted by Crippen LogP contribution is -2.15. The third-order valence-corrected chi connectivity index (χ3v) is 4.14. The van der Waals surface area contributed by atoms with Crippen molar-refractivity contribution in [1.82, 2.24) is 0 Å². The molecule has 0 aliphatic carbocycles. The Labute approximate surface area is 106 Å². The third kappa shape index (κ3) is 2.44. The maximum absolute atomic E-state index is 13.5. The minimum atomic E-state index is -4.20. The van der Waals surface area contributed by atoms with Crippen LogP contribution in [0.5, 0.6) is 0 Å². The topological polar surface area (TPSA) is 72.2 Å². The Morgan fingerprint density at radius 1 is 1.28 bits per heavy atom. The van der Waals surface area contributed by atoms with Crippen LogP contribution in [0.3, 0.4) is 0 Å². The van der Waals surface area contributed by atoms with E-state index in [-0.39, 0.29) is 11.4 Å². The molecule has 96 valence electrons. The molecule has 3 N–H and O–H groups in total. The minimum Gasteiger partial charge on any atom is -0.399 e. The van der Waals surface area contributed by atoms with E-state index in [4.69, 9.17) is 5.73 Å². The predicted octanol–water partition coefficient (Wildman–Crippen LogP) is 2.41. The molecule has 0 radical (unpaired) electrons. The van der Waals surface area contributed by atoms with Crippen LogP contribution in [0, 0.1) is 11.6 Å². The van der Waals surface area contributed by atoms with Crippen LogP contribution in [0.25, 0.3) is 0 Å². The summed E-state index contributed by atoms with van der Waals surface area (Å²) in [6, 6.07) is 3.09. The summed E-state index contributed by atoms with van der Waals surface area (Å²) in [4.78, 5) is -0.814. The summed E-state index contributed by atoms with van der Waals surface area (Å²) >= 11 is 1.27. The Morgan fingerprint density at radius 2 is 2.00 bits per heavy atom. The van der Waals surface area contributed by atoms with Crippen LogP contribution in [0.15, 0.2) is 33.9 Å². The van der Waals surface area contributed by atoms with Gasteiger partial charge < -0.3 is 5.73 Å². The highest BCUT2D eigenvalue weighted by atomic mass is 32.2. The fourth-order valence-electron chi connectivity index (χ4n) is 1.31. The Hall–Kier alpha value is -1.67. The second-order valence-corrected chi connectivity index (χ2v) is 5.86. The zero-order chi connectivity index (χ0) is 13.3. The molecule has 18 heavy (non-hydrogen) atoms. The highest BCUT2D eigenvalue weighted by Gasteiger charge is 2.22. The molecule has 0 aliphatic heterocycles. The normalized spacial score (nSPS) is 11.4. The summed E-state index contributed by atoms with van der Waals surface area (Å²) in [6.07, 6.45) is 0. The van der Waals surface area contributed by atoms with Crippen molar-refractivity contribution >= 4 is 32.7 Å². The first-order chi connectivity index (χ1) is 8.40. The van der Waals surface area contributed by atoms with E-state index in [1.165, 1.54) is 22.8 Å². The summed E-state index contributed by atoms with van der Waals surface area (Å²) in [6.45, 7) is 0. The van der Waals surface area contributed by atoms with Crippen LogP contribution in [-0.2, 0) is 10.0 Å². The Kier molecular flexibility index (Phi) is 3.22. The first-order valence-electron chi connectivity index (χ1n) is 4.70. The van der Waals surface area contributed by atoms with E-state index < -0.39 is 26.6 Å². The number of halogens is 2. The maximum atomic E-state index is 13.5. The van der Waals surface area contributed by atoms with Gasteiger partial charge in [0.05, 0.1) is 5.69 Å². The van der Waals surface area contributed by atoms with Crippen molar-refractivity contribution in [2.24, 2.45) is 0 Å². The van der Waals surface area contributed by atoms with Crippen LogP contribution in [0.4, 0.5) is 20.2 Å². The number of thiophene rings is 1. The van der Waals surface area contributed by atoms with Crippen molar-refractivity contribution in [3.8, 4) is 0 Å². The van der Waals surface area contributed by atoms with Gasteiger partial charge in [-0.2, -0.15) is 11.3 Å². The smallest absolute Gasteiger partial charge is 0.265 e. The summed E-state index contributed by atoms with van der Waals surface area (Å²) < 4.78 is 52.4. The van der Waals surface area contributed by atoms with Crippen LogP contribution < -0.4 is 10.5 Å². The molecule has 4 nitrogen and oxygen atoms in total. The van der Waals surface area contributed by atoms with Crippen molar-refractivity contribution in [2.75, 3.05) is 10.5 Å². The van der Waals surface area contributed by atoms with E-state index in [1.807, 2.05) is 0 Å². The van der Waals surface area contributed by atoms with Crippen molar-refractivity contribution < 1.29 is 17.2 Å². The SMILES string of the molecule is Nc1cc(F)c(F)c(S(=O)(=O)Nc2ccsc2)c1. The number of nitrogens with one attached hydrogen (secondary N) is 1. The fourth-order valence-corrected chi connectivity index (χ4v) is 3.15. The Morgan fingerprint density at radius 3 is 2.61 bits per heavy atom. The van der Waals surface area contributed by atoms with Crippen LogP contribution in [-0.4, -0.2) is 8.42 Å². The molecule has 0 saturated heterocycles. The fraction of sp³-hybridized carbons (Fsp3) is 0. The molecule has 0 bridgehead atoms. The average molecular weight is 290 g/mol. The molecule has 0 saturated carbocycles. The summed E-state index contributed by atoms with van der Waals surface area (Å²) in [5.41, 5.74) is 5.41. The van der Waals surface area contributed by atoms with E-state index in [1.54, 1.807) is 5.38 Å². The lowest BCUT2D eigenvalue weighted by atomic mass is 10.3. The van der Waals surface area contributed by atoms with Gasteiger partial charge in [0.15, 0.2) is 11.6 Å². The molecule has 1 aromatic carbocycles. The van der Waals surface area contributed by atoms with E-state index >= 15 is 0 Å². The Balaban J connectivity index is 2.48. The molecular weight excluding hydrogens is 282 g/mol. The monoisotopic (exact) mass is 290 g/mol. The molecule has 0 aliphatic rings. The first kappa shape index (κ1) is 12.8. The van der Waals surface area contributed by atoms with Gasteiger partial charge in [-0.05, 0) is 23.6 Å². The van der Waals surface area contributed by atoms with Gasteiger partial charge in [-0.15, -0.1) is 0 Å². The van der Waals surface area contributed by atoms with E-state index in [2.05, 4.69) is 4.72 Å². The van der Waals surface area contributed by atoms with Gasteiger partial charge in [0.1, 0.15) is 4.90 Å². The molecule has 8 heteroatoms. The van der Waals surface area contributed by atoms with Gasteiger partial charge >= 0.3 is 0 Å². The number of benzene rings is 1. The molecular formula is C10H8F2N2O2S2. The lowest BCUT2D eigenvalue weighted by molar-refractivity contribution is 0.486. The number of anilines is 2. The molecule has 1 aromatic heterocycles. The number of hydrogen-bond donors (Lipinski definition) is 2. The van der Waals surface area contributed by atoms with E-state index in [0.717, 1.165) is 12.1 Å². The van der Waals surface area contributed by atoms with Crippen molar-refractivity contribution in [2.45, 2.75) is 4.90 Å². The minimum absolute atomic E-state index is 0.167. The summed E-state index contributed by atoms with van der Waals surface area (Å²) in [5.74, 6) is -2.76. The summed E-state index contributed by atoms with van der Waals surface area (Å²) in [7, 11) is -4.20. The molecule has 0 fully saturated rings. The lowest BCUT2D eigenvalue weighted by Gasteiger charge is -2.08. The molecule has 0 spiro atoms. The van der Waals surface area contributed by atoms with Gasteiger partial charge in [0, 0.05) is 11.1 Å². The summed E-state index contributed by atoms with van der Waals surface area (Å²) in [5, 5.41) is 3.17. The third-order valence-electron chi connectivity index (χ3n) is 2.08. The second-order valence-electron chi connectivity index (χ2n) is 3.43. The van der Waals surface area contributed by atoms with Gasteiger partial charge in [-0.1, -0.05) is 0 Å². The van der Waals surface area contributed by atoms with Crippen LogP contribution >= 0.6 is 11.3 Å². The molecule has 1 heterocycles. The molecule has 0 atom stereocenters. The van der Waals surface area contributed by atoms with E-state index in [9.17, 15) is 17.2 Å². The zero-order valence-electron chi connectivity index (χ0n) is 8.85. The molecule has 0 unspecified atom stereocenters. The molecule has 2 aromatic rings. The Bertz CT molecular complexity index is 669. The van der Waals surface area contributed by atoms with Crippen LogP contribution in [0.1, 0.15) is 0 Å². The molecule has 2 rings (SSSR count). The van der Waals surface area contributed by atoms with Gasteiger partial charge in [0.25, 0.3) is 10.0 Å². The number of rotatable bonds is 3. The van der Waals surface area contributed by atoms with Gasteiger partial charge in [0.2, 0.25) is 0 Å². The second kappa shape index (κ2) is 4.54. The first-order valence-corrected chi connectivity index (χ1v) is 7.12. The van der Waals surface area contributed by atoms with Crippen molar-refractivity contribution in [1.29, 1.82) is 0 Å². The van der Waals surface area contributed by atoms with E-state index in [0.29, 0.717) is 0 Å². The van der Waals surface area contributed by atoms with Gasteiger partial charge in [-0.25, -0.2) is 17.2 Å². The van der Waals surface area contributed by atoms with Crippen LogP contribution in [0.2, 0.25) is 0 Å². The standard InChI is InChI=1S/C10H8F2N2O2S2/c11-8-3-6(13)4-9(10(8)12)18(15,16)14-7-1-2-17-5-7/h1-5,14H,13H2. The predicted molar refractivity (Wildman–Crippen MR) is 65.9 cm³/mol. The average Bonchev–Trinajstić information content (AvgIpc) is 2.75.